The molecule has 0 aliphatic rings. The highest BCUT2D eigenvalue weighted by Gasteiger charge is 2.11. The molecule has 0 aliphatic carbocycles. The molecule has 2 aromatic rings. The van der Waals surface area contributed by atoms with Crippen LogP contribution in [0.25, 0.3) is 0 Å². The van der Waals surface area contributed by atoms with Crippen LogP contribution in [0.2, 0.25) is 5.02 Å². The summed E-state index contributed by atoms with van der Waals surface area (Å²) in [4.78, 5) is 17.6. The smallest absolute Gasteiger partial charge is 0.312 e. The van der Waals surface area contributed by atoms with Crippen LogP contribution in [-0.4, -0.2) is 11.7 Å². The van der Waals surface area contributed by atoms with Gasteiger partial charge in [-0.3, -0.25) is 0 Å². The van der Waals surface area contributed by atoms with Crippen LogP contribution >= 0.6 is 22.9 Å². The summed E-state index contributed by atoms with van der Waals surface area (Å²) in [6.45, 7) is 1.78. The van der Waals surface area contributed by atoms with E-state index < -0.39 is 5.97 Å². The zero-order valence-corrected chi connectivity index (χ0v) is 11.2. The normalized spacial score (nSPS) is 11.3. The number of halogens is 1. The van der Waals surface area contributed by atoms with Crippen molar-refractivity contribution >= 4 is 34.6 Å². The van der Waals surface area contributed by atoms with Crippen molar-refractivity contribution in [2.75, 3.05) is 0 Å². The van der Waals surface area contributed by atoms with Crippen LogP contribution in [0.15, 0.2) is 46.9 Å². The molecule has 0 aliphatic heterocycles. The molecule has 0 atom stereocenters. The molecule has 2 rings (SSSR count). The third kappa shape index (κ3) is 2.97. The Morgan fingerprint density at radius 2 is 2.06 bits per heavy atom. The second-order valence-electron chi connectivity index (χ2n) is 3.51. The van der Waals surface area contributed by atoms with Gasteiger partial charge in [0.1, 0.15) is 0 Å². The third-order valence-electron chi connectivity index (χ3n) is 2.24. The van der Waals surface area contributed by atoms with Crippen molar-refractivity contribution < 1.29 is 9.63 Å². The van der Waals surface area contributed by atoms with Crippen molar-refractivity contribution in [3.05, 3.63) is 57.2 Å². The molecule has 1 heterocycles. The molecule has 92 valence electrons. The van der Waals surface area contributed by atoms with Gasteiger partial charge in [-0.2, -0.15) is 0 Å². The summed E-state index contributed by atoms with van der Waals surface area (Å²) in [6.07, 6.45) is 0. The number of rotatable bonds is 3. The first-order valence-corrected chi connectivity index (χ1v) is 6.48. The monoisotopic (exact) mass is 279 g/mol. The fraction of sp³-hybridized carbons (Fsp3) is 0.0769. The Kier molecular flexibility index (Phi) is 4.12. The molecule has 0 spiro atoms. The van der Waals surface area contributed by atoms with E-state index in [0.717, 1.165) is 4.88 Å². The van der Waals surface area contributed by atoms with Crippen LogP contribution in [0, 0.1) is 0 Å². The molecule has 5 heteroatoms. The summed E-state index contributed by atoms with van der Waals surface area (Å²) in [7, 11) is 0. The molecule has 1 aromatic carbocycles. The molecule has 0 bridgehead atoms. The first-order valence-electron chi connectivity index (χ1n) is 5.23. The molecule has 1 aromatic heterocycles. The van der Waals surface area contributed by atoms with Crippen molar-refractivity contribution in [3.63, 3.8) is 0 Å². The number of oxime groups is 1. The number of hydrogen-bond acceptors (Lipinski definition) is 4. The van der Waals surface area contributed by atoms with E-state index in [2.05, 4.69) is 5.16 Å². The van der Waals surface area contributed by atoms with Gasteiger partial charge in [-0.05, 0) is 30.5 Å². The van der Waals surface area contributed by atoms with Crippen molar-refractivity contribution in [3.8, 4) is 0 Å². The molecule has 3 nitrogen and oxygen atoms in total. The van der Waals surface area contributed by atoms with Crippen LogP contribution in [-0.2, 0) is 4.84 Å². The molecular weight excluding hydrogens is 270 g/mol. The van der Waals surface area contributed by atoms with Crippen molar-refractivity contribution in [1.82, 2.24) is 0 Å². The Morgan fingerprint density at radius 3 is 2.72 bits per heavy atom. The molecule has 0 saturated heterocycles. The van der Waals surface area contributed by atoms with E-state index in [1.54, 1.807) is 31.2 Å². The van der Waals surface area contributed by atoms with E-state index in [1.165, 1.54) is 11.3 Å². The topological polar surface area (TPSA) is 38.7 Å². The molecular formula is C13H10ClNO2S. The first kappa shape index (κ1) is 12.8. The van der Waals surface area contributed by atoms with Gasteiger partial charge >= 0.3 is 5.97 Å². The third-order valence-corrected chi connectivity index (χ3v) is 3.55. The molecule has 0 radical (unpaired) electrons. The average molecular weight is 280 g/mol. The quantitative estimate of drug-likeness (QED) is 0.484. The predicted molar refractivity (Wildman–Crippen MR) is 73.4 cm³/mol. The molecule has 0 unspecified atom stereocenters. The number of nitrogens with zero attached hydrogens (tertiary/aromatic N) is 1. The molecule has 0 amide bonds. The SMILES string of the molecule is C/C(=N\OC(=O)c1ccccc1Cl)c1cccs1. The number of benzene rings is 1. The Morgan fingerprint density at radius 1 is 1.28 bits per heavy atom. The summed E-state index contributed by atoms with van der Waals surface area (Å²) < 4.78 is 0. The highest BCUT2D eigenvalue weighted by atomic mass is 35.5. The lowest BCUT2D eigenvalue weighted by molar-refractivity contribution is 0.0516. The lowest BCUT2D eigenvalue weighted by Gasteiger charge is -2.01. The maximum atomic E-state index is 11.7. The lowest BCUT2D eigenvalue weighted by atomic mass is 10.2. The van der Waals surface area contributed by atoms with E-state index in [0.29, 0.717) is 16.3 Å². The number of hydrogen-bond donors (Lipinski definition) is 0. The maximum absolute atomic E-state index is 11.7. The first-order chi connectivity index (χ1) is 8.68. The zero-order chi connectivity index (χ0) is 13.0. The Labute approximate surface area is 114 Å². The van der Waals surface area contributed by atoms with Gasteiger partial charge < -0.3 is 4.84 Å². The molecule has 0 saturated carbocycles. The van der Waals surface area contributed by atoms with Crippen molar-refractivity contribution in [2.24, 2.45) is 5.16 Å². The molecule has 0 N–H and O–H groups in total. The van der Waals surface area contributed by atoms with Crippen LogP contribution in [0.3, 0.4) is 0 Å². The summed E-state index contributed by atoms with van der Waals surface area (Å²) >= 11 is 7.42. The van der Waals surface area contributed by atoms with E-state index in [4.69, 9.17) is 16.4 Å². The fourth-order valence-corrected chi connectivity index (χ4v) is 2.20. The summed E-state index contributed by atoms with van der Waals surface area (Å²) in [5.74, 6) is -0.559. The van der Waals surface area contributed by atoms with Gasteiger partial charge in [-0.15, -0.1) is 11.3 Å². The maximum Gasteiger partial charge on any atom is 0.367 e. The second kappa shape index (κ2) is 5.80. The van der Waals surface area contributed by atoms with Gasteiger partial charge in [-0.25, -0.2) is 4.79 Å². The summed E-state index contributed by atoms with van der Waals surface area (Å²) in [5.41, 5.74) is 0.965. The Hall–Kier alpha value is -1.65. The van der Waals surface area contributed by atoms with Gasteiger partial charge in [0.15, 0.2) is 0 Å². The van der Waals surface area contributed by atoms with Gasteiger partial charge in [-0.1, -0.05) is 35.0 Å². The number of thiophene rings is 1. The van der Waals surface area contributed by atoms with Gasteiger partial charge in [0.05, 0.1) is 21.2 Å². The highest BCUT2D eigenvalue weighted by Crippen LogP contribution is 2.16. The van der Waals surface area contributed by atoms with Crippen molar-refractivity contribution in [2.45, 2.75) is 6.92 Å². The minimum absolute atomic E-state index is 0.307. The predicted octanol–water partition coefficient (Wildman–Crippen LogP) is 3.98. The number of carbonyl (C=O) groups is 1. The lowest BCUT2D eigenvalue weighted by Crippen LogP contribution is -2.03. The Balaban J connectivity index is 2.09. The van der Waals surface area contributed by atoms with Crippen molar-refractivity contribution in [1.29, 1.82) is 0 Å². The highest BCUT2D eigenvalue weighted by molar-refractivity contribution is 7.12. The zero-order valence-electron chi connectivity index (χ0n) is 9.59. The second-order valence-corrected chi connectivity index (χ2v) is 4.87. The molecule has 0 fully saturated rings. The fourth-order valence-electron chi connectivity index (χ4n) is 1.32. The van der Waals surface area contributed by atoms with Crippen LogP contribution in [0.5, 0.6) is 0 Å². The van der Waals surface area contributed by atoms with Crippen LogP contribution in [0.4, 0.5) is 0 Å². The summed E-state index contributed by atoms with van der Waals surface area (Å²) in [6, 6.07) is 10.5. The largest absolute Gasteiger partial charge is 0.367 e. The average Bonchev–Trinajstić information content (AvgIpc) is 2.90. The summed E-state index contributed by atoms with van der Waals surface area (Å²) in [5, 5.41) is 6.09. The van der Waals surface area contributed by atoms with Gasteiger partial charge in [0.25, 0.3) is 0 Å². The van der Waals surface area contributed by atoms with E-state index in [-0.39, 0.29) is 0 Å². The van der Waals surface area contributed by atoms with E-state index in [1.807, 2.05) is 17.5 Å². The molecule has 18 heavy (non-hydrogen) atoms. The number of carbonyl (C=O) groups excluding carboxylic acids is 1. The Bertz CT molecular complexity index is 578. The minimum Gasteiger partial charge on any atom is -0.312 e. The van der Waals surface area contributed by atoms with Crippen LogP contribution in [0.1, 0.15) is 22.2 Å². The van der Waals surface area contributed by atoms with Crippen LogP contribution < -0.4 is 0 Å². The van der Waals surface area contributed by atoms with E-state index >= 15 is 0 Å². The van der Waals surface area contributed by atoms with E-state index in [9.17, 15) is 4.79 Å². The van der Waals surface area contributed by atoms with Gasteiger partial charge in [0.2, 0.25) is 0 Å². The standard InChI is InChI=1S/C13H10ClNO2S/c1-9(12-7-4-8-18-12)15-17-13(16)10-5-2-3-6-11(10)14/h2-8H,1H3/b15-9+. The van der Waals surface area contributed by atoms with Gasteiger partial charge in [0, 0.05) is 0 Å². The minimum atomic E-state index is -0.559.